The number of carbonyl (C=O) groups excluding carboxylic acids is 1. The van der Waals surface area contributed by atoms with Crippen LogP contribution in [-0.4, -0.2) is 36.1 Å². The Morgan fingerprint density at radius 1 is 1.00 bits per heavy atom. The lowest BCUT2D eigenvalue weighted by molar-refractivity contribution is -0.162. The highest BCUT2D eigenvalue weighted by Crippen LogP contribution is 2.43. The predicted octanol–water partition coefficient (Wildman–Crippen LogP) is 4.69. The molecule has 2 aliphatic heterocycles. The molecule has 2 saturated heterocycles. The van der Waals surface area contributed by atoms with Gasteiger partial charge in [-0.15, -0.1) is 0 Å². The summed E-state index contributed by atoms with van der Waals surface area (Å²) in [7, 11) is 2.23. The Balaban J connectivity index is 1.55. The van der Waals surface area contributed by atoms with Crippen molar-refractivity contribution in [1.82, 2.24) is 4.90 Å². The molecule has 3 atom stereocenters. The van der Waals surface area contributed by atoms with Gasteiger partial charge in [0.15, 0.2) is 0 Å². The average Bonchev–Trinajstić information content (AvgIpc) is 2.89. The van der Waals surface area contributed by atoms with Crippen molar-refractivity contribution in [2.75, 3.05) is 7.05 Å². The number of benzene rings is 1. The Morgan fingerprint density at radius 2 is 1.62 bits per heavy atom. The number of nitrogens with zero attached hydrogens (tertiary/aromatic N) is 1. The molecule has 3 heteroatoms. The van der Waals surface area contributed by atoms with E-state index in [4.69, 9.17) is 4.74 Å². The fraction of sp³-hybridized carbons (Fsp3) is 0.696. The normalized spacial score (nSPS) is 32.2. The molecule has 1 saturated carbocycles. The van der Waals surface area contributed by atoms with Gasteiger partial charge >= 0.3 is 5.97 Å². The number of hydrogen-bond donors (Lipinski definition) is 0. The highest BCUT2D eigenvalue weighted by molar-refractivity contribution is 5.83. The van der Waals surface area contributed by atoms with Crippen LogP contribution < -0.4 is 0 Å². The molecule has 1 aromatic rings. The van der Waals surface area contributed by atoms with Gasteiger partial charge in [-0.1, -0.05) is 49.6 Å². The first-order valence-electron chi connectivity index (χ1n) is 10.6. The van der Waals surface area contributed by atoms with Gasteiger partial charge in [0.05, 0.1) is 5.41 Å². The van der Waals surface area contributed by atoms with Gasteiger partial charge in [-0.3, -0.25) is 4.79 Å². The highest BCUT2D eigenvalue weighted by Gasteiger charge is 2.47. The van der Waals surface area contributed by atoms with Crippen molar-refractivity contribution in [3.63, 3.8) is 0 Å². The Kier molecular flexibility index (Phi) is 5.09. The minimum Gasteiger partial charge on any atom is -0.462 e. The lowest BCUT2D eigenvalue weighted by Gasteiger charge is -2.41. The van der Waals surface area contributed by atoms with E-state index >= 15 is 0 Å². The largest absolute Gasteiger partial charge is 0.462 e. The average molecular weight is 356 g/mol. The van der Waals surface area contributed by atoms with Crippen molar-refractivity contribution in [3.05, 3.63) is 35.9 Å². The zero-order chi connectivity index (χ0) is 18.1. The molecule has 4 rings (SSSR count). The van der Waals surface area contributed by atoms with E-state index in [2.05, 4.69) is 43.1 Å². The van der Waals surface area contributed by atoms with Crippen LogP contribution in [0, 0.1) is 5.92 Å². The number of piperidine rings is 1. The van der Waals surface area contributed by atoms with Gasteiger partial charge < -0.3 is 9.64 Å². The third kappa shape index (κ3) is 3.19. The van der Waals surface area contributed by atoms with Gasteiger partial charge in [0.2, 0.25) is 0 Å². The maximum atomic E-state index is 13.5. The van der Waals surface area contributed by atoms with E-state index in [1.807, 2.05) is 6.07 Å². The quantitative estimate of drug-likeness (QED) is 0.734. The number of carbonyl (C=O) groups is 1. The van der Waals surface area contributed by atoms with Crippen LogP contribution in [0.15, 0.2) is 30.3 Å². The standard InChI is InChI=1S/C23H33NO2/c1-23(17-9-5-3-6-10-17,18-11-7-4-8-12-18)22(25)26-21-15-19-13-14-20(16-21)24(19)2/h3,5-6,9-10,18-21H,4,7-8,11-16H2,1-2H3. The van der Waals surface area contributed by atoms with E-state index in [9.17, 15) is 4.79 Å². The van der Waals surface area contributed by atoms with Crippen molar-refractivity contribution in [2.24, 2.45) is 5.92 Å². The first kappa shape index (κ1) is 18.0. The van der Waals surface area contributed by atoms with Gasteiger partial charge in [0.1, 0.15) is 6.10 Å². The fourth-order valence-corrected chi connectivity index (χ4v) is 5.72. The van der Waals surface area contributed by atoms with E-state index in [1.165, 1.54) is 32.1 Å². The molecule has 0 spiro atoms. The van der Waals surface area contributed by atoms with Gasteiger partial charge in [0.25, 0.3) is 0 Å². The smallest absolute Gasteiger partial charge is 0.316 e. The van der Waals surface area contributed by atoms with E-state index in [-0.39, 0.29) is 12.1 Å². The third-order valence-electron chi connectivity index (χ3n) is 7.55. The van der Waals surface area contributed by atoms with Crippen LogP contribution in [0.1, 0.15) is 70.3 Å². The summed E-state index contributed by atoms with van der Waals surface area (Å²) >= 11 is 0. The molecule has 0 amide bonds. The van der Waals surface area contributed by atoms with E-state index in [1.54, 1.807) is 0 Å². The van der Waals surface area contributed by atoms with E-state index in [0.717, 1.165) is 31.2 Å². The first-order chi connectivity index (χ1) is 12.6. The number of rotatable bonds is 4. The predicted molar refractivity (Wildman–Crippen MR) is 104 cm³/mol. The molecule has 0 aromatic heterocycles. The second kappa shape index (κ2) is 7.34. The van der Waals surface area contributed by atoms with E-state index < -0.39 is 5.41 Å². The van der Waals surface area contributed by atoms with Crippen LogP contribution in [0.3, 0.4) is 0 Å². The summed E-state index contributed by atoms with van der Waals surface area (Å²) in [5.41, 5.74) is 0.622. The van der Waals surface area contributed by atoms with Crippen molar-refractivity contribution >= 4 is 5.97 Å². The fourth-order valence-electron chi connectivity index (χ4n) is 5.72. The molecule has 1 aromatic carbocycles. The molecule has 0 N–H and O–H groups in total. The van der Waals surface area contributed by atoms with Crippen LogP contribution in [0.2, 0.25) is 0 Å². The molecule has 2 bridgehead atoms. The second-order valence-electron chi connectivity index (χ2n) is 8.95. The summed E-state index contributed by atoms with van der Waals surface area (Å²) in [5.74, 6) is 0.415. The van der Waals surface area contributed by atoms with Crippen LogP contribution in [0.5, 0.6) is 0 Å². The van der Waals surface area contributed by atoms with Crippen LogP contribution >= 0.6 is 0 Å². The zero-order valence-electron chi connectivity index (χ0n) is 16.3. The first-order valence-corrected chi connectivity index (χ1v) is 10.6. The van der Waals surface area contributed by atoms with Gasteiger partial charge in [-0.25, -0.2) is 0 Å². The van der Waals surface area contributed by atoms with Gasteiger partial charge in [0, 0.05) is 12.1 Å². The topological polar surface area (TPSA) is 29.5 Å². The molecule has 3 unspecified atom stereocenters. The Hall–Kier alpha value is -1.35. The Labute approximate surface area is 158 Å². The molecule has 3 fully saturated rings. The molecular formula is C23H33NO2. The van der Waals surface area contributed by atoms with Crippen molar-refractivity contribution in [3.8, 4) is 0 Å². The van der Waals surface area contributed by atoms with Crippen molar-refractivity contribution < 1.29 is 9.53 Å². The molecular weight excluding hydrogens is 322 g/mol. The molecule has 2 heterocycles. The number of hydrogen-bond acceptors (Lipinski definition) is 3. The molecule has 26 heavy (non-hydrogen) atoms. The summed E-state index contributed by atoms with van der Waals surface area (Å²) in [6.07, 6.45) is 10.7. The second-order valence-corrected chi connectivity index (χ2v) is 8.95. The Bertz CT molecular complexity index is 610. The highest BCUT2D eigenvalue weighted by atomic mass is 16.5. The lowest BCUT2D eigenvalue weighted by Crippen LogP contribution is -2.48. The molecule has 0 radical (unpaired) electrons. The van der Waals surface area contributed by atoms with Crippen molar-refractivity contribution in [1.29, 1.82) is 0 Å². The molecule has 3 aliphatic rings. The SMILES string of the molecule is CN1C2CCC1CC(OC(=O)C(C)(c1ccccc1)C1CCCCC1)C2. The molecule has 142 valence electrons. The van der Waals surface area contributed by atoms with Crippen LogP contribution in [-0.2, 0) is 14.9 Å². The lowest BCUT2D eigenvalue weighted by atomic mass is 9.66. The summed E-state index contributed by atoms with van der Waals surface area (Å²) in [6.45, 7) is 2.14. The van der Waals surface area contributed by atoms with Crippen LogP contribution in [0.25, 0.3) is 0 Å². The zero-order valence-corrected chi connectivity index (χ0v) is 16.3. The summed E-state index contributed by atoms with van der Waals surface area (Å²) in [6, 6.07) is 11.6. The van der Waals surface area contributed by atoms with Gasteiger partial charge in [-0.2, -0.15) is 0 Å². The summed E-state index contributed by atoms with van der Waals surface area (Å²) < 4.78 is 6.23. The monoisotopic (exact) mass is 355 g/mol. The maximum Gasteiger partial charge on any atom is 0.316 e. The summed E-state index contributed by atoms with van der Waals surface area (Å²) in [4.78, 5) is 16.0. The van der Waals surface area contributed by atoms with Crippen LogP contribution in [0.4, 0.5) is 0 Å². The number of ether oxygens (including phenoxy) is 1. The van der Waals surface area contributed by atoms with E-state index in [0.29, 0.717) is 18.0 Å². The molecule has 1 aliphatic carbocycles. The Morgan fingerprint density at radius 3 is 2.23 bits per heavy atom. The van der Waals surface area contributed by atoms with Crippen molar-refractivity contribution in [2.45, 2.75) is 88.3 Å². The number of fused-ring (bicyclic) bond motifs is 2. The number of esters is 1. The third-order valence-corrected chi connectivity index (χ3v) is 7.55. The minimum atomic E-state index is -0.510. The minimum absolute atomic E-state index is 0.0181. The maximum absolute atomic E-state index is 13.5. The summed E-state index contributed by atoms with van der Waals surface area (Å²) in [5, 5.41) is 0. The van der Waals surface area contributed by atoms with Gasteiger partial charge in [-0.05, 0) is 64.0 Å². The molecule has 3 nitrogen and oxygen atoms in total.